The Labute approximate surface area is 128 Å². The Hall–Kier alpha value is -3.12. The molecule has 0 aromatic heterocycles. The van der Waals surface area contributed by atoms with Gasteiger partial charge >= 0.3 is 5.97 Å². The van der Waals surface area contributed by atoms with Crippen LogP contribution in [0.5, 0.6) is 0 Å². The topological polar surface area (TPSA) is 50.1 Å². The lowest BCUT2D eigenvalue weighted by atomic mass is 10.0. The molecule has 0 heterocycles. The van der Waals surface area contributed by atoms with Crippen LogP contribution in [0, 0.1) is 11.3 Å². The molecule has 0 N–H and O–H groups in total. The van der Waals surface area contributed by atoms with Crippen LogP contribution >= 0.6 is 0 Å². The van der Waals surface area contributed by atoms with E-state index in [-0.39, 0.29) is 0 Å². The molecule has 0 saturated carbocycles. The third kappa shape index (κ3) is 2.82. The third-order valence-corrected chi connectivity index (χ3v) is 3.43. The summed E-state index contributed by atoms with van der Waals surface area (Å²) in [6.45, 7) is 0. The van der Waals surface area contributed by atoms with Crippen molar-refractivity contribution in [1.82, 2.24) is 0 Å². The molecular formula is C19H13NO2. The lowest BCUT2D eigenvalue weighted by Gasteiger charge is -2.12. The number of nitrogens with zero attached hydrogens (tertiary/aromatic N) is 1. The second kappa shape index (κ2) is 6.11. The van der Waals surface area contributed by atoms with Crippen LogP contribution in [0.2, 0.25) is 0 Å². The van der Waals surface area contributed by atoms with E-state index in [2.05, 4.69) is 0 Å². The van der Waals surface area contributed by atoms with Gasteiger partial charge < -0.3 is 4.74 Å². The van der Waals surface area contributed by atoms with Crippen molar-refractivity contribution in [3.05, 3.63) is 83.9 Å². The minimum atomic E-state index is -0.919. The molecule has 3 nitrogen and oxygen atoms in total. The van der Waals surface area contributed by atoms with Crippen molar-refractivity contribution in [3.8, 4) is 6.07 Å². The molecule has 1 atom stereocenters. The Morgan fingerprint density at radius 2 is 1.59 bits per heavy atom. The summed E-state index contributed by atoms with van der Waals surface area (Å²) in [5.41, 5.74) is 1.11. The normalized spacial score (nSPS) is 11.6. The van der Waals surface area contributed by atoms with Crippen molar-refractivity contribution in [2.24, 2.45) is 0 Å². The van der Waals surface area contributed by atoms with Crippen LogP contribution in [0.4, 0.5) is 0 Å². The predicted molar refractivity (Wildman–Crippen MR) is 84.2 cm³/mol. The Bertz CT molecular complexity index is 850. The molecule has 0 spiro atoms. The molecule has 106 valence electrons. The molecule has 0 amide bonds. The van der Waals surface area contributed by atoms with Gasteiger partial charge in [0.2, 0.25) is 6.10 Å². The molecule has 22 heavy (non-hydrogen) atoms. The highest BCUT2D eigenvalue weighted by Gasteiger charge is 2.17. The van der Waals surface area contributed by atoms with Gasteiger partial charge in [-0.3, -0.25) is 0 Å². The Morgan fingerprint density at radius 3 is 2.32 bits per heavy atom. The fraction of sp³-hybridized carbons (Fsp3) is 0.0526. The van der Waals surface area contributed by atoms with Crippen molar-refractivity contribution in [3.63, 3.8) is 0 Å². The zero-order valence-electron chi connectivity index (χ0n) is 11.8. The molecule has 3 rings (SSSR count). The van der Waals surface area contributed by atoms with Crippen LogP contribution in [0.25, 0.3) is 10.8 Å². The Kier molecular flexibility index (Phi) is 3.84. The quantitative estimate of drug-likeness (QED) is 0.676. The Balaban J connectivity index is 1.87. The van der Waals surface area contributed by atoms with Gasteiger partial charge in [-0.15, -0.1) is 0 Å². The number of rotatable bonds is 3. The first kappa shape index (κ1) is 13.8. The smallest absolute Gasteiger partial charge is 0.339 e. The van der Waals surface area contributed by atoms with Crippen molar-refractivity contribution >= 4 is 16.7 Å². The lowest BCUT2D eigenvalue weighted by Crippen LogP contribution is -2.10. The largest absolute Gasteiger partial charge is 0.438 e. The van der Waals surface area contributed by atoms with Crippen LogP contribution in [0.3, 0.4) is 0 Å². The fourth-order valence-corrected chi connectivity index (χ4v) is 2.29. The first-order valence-electron chi connectivity index (χ1n) is 6.92. The Morgan fingerprint density at radius 1 is 0.909 bits per heavy atom. The maximum absolute atomic E-state index is 12.1. The average Bonchev–Trinajstić information content (AvgIpc) is 2.59. The molecule has 0 radical (unpaired) electrons. The van der Waals surface area contributed by atoms with E-state index >= 15 is 0 Å². The maximum atomic E-state index is 12.1. The third-order valence-electron chi connectivity index (χ3n) is 3.43. The zero-order valence-corrected chi connectivity index (χ0v) is 11.8. The number of hydrogen-bond acceptors (Lipinski definition) is 3. The molecule has 0 bridgehead atoms. The van der Waals surface area contributed by atoms with E-state index in [4.69, 9.17) is 4.74 Å². The summed E-state index contributed by atoms with van der Waals surface area (Å²) in [5.74, 6) is -0.500. The van der Waals surface area contributed by atoms with E-state index in [1.54, 1.807) is 24.3 Å². The second-order valence-corrected chi connectivity index (χ2v) is 4.89. The summed E-state index contributed by atoms with van der Waals surface area (Å²) in [6, 6.07) is 24.2. The number of ether oxygens (including phenoxy) is 1. The zero-order chi connectivity index (χ0) is 15.4. The second-order valence-electron chi connectivity index (χ2n) is 4.89. The van der Waals surface area contributed by atoms with Gasteiger partial charge in [0.25, 0.3) is 0 Å². The summed E-state index contributed by atoms with van der Waals surface area (Å²) >= 11 is 0. The average molecular weight is 287 g/mol. The highest BCUT2D eigenvalue weighted by Crippen LogP contribution is 2.23. The number of carbonyl (C=O) groups excluding carboxylic acids is 1. The predicted octanol–water partition coefficient (Wildman–Crippen LogP) is 4.26. The molecule has 3 aromatic carbocycles. The summed E-state index contributed by atoms with van der Waals surface area (Å²) in [5, 5.41) is 11.4. The van der Waals surface area contributed by atoms with Crippen LogP contribution in [-0.4, -0.2) is 5.97 Å². The molecule has 0 aliphatic heterocycles. The van der Waals surface area contributed by atoms with Gasteiger partial charge in [-0.25, -0.2) is 4.79 Å². The van der Waals surface area contributed by atoms with Crippen molar-refractivity contribution in [1.29, 1.82) is 5.26 Å². The first-order valence-corrected chi connectivity index (χ1v) is 6.92. The van der Waals surface area contributed by atoms with Gasteiger partial charge in [0.15, 0.2) is 0 Å². The van der Waals surface area contributed by atoms with Crippen LogP contribution in [0.1, 0.15) is 22.0 Å². The van der Waals surface area contributed by atoms with Gasteiger partial charge in [0, 0.05) is 5.56 Å². The molecule has 0 fully saturated rings. The first-order chi connectivity index (χ1) is 10.8. The van der Waals surface area contributed by atoms with E-state index in [9.17, 15) is 10.1 Å². The number of carbonyl (C=O) groups is 1. The molecule has 0 aliphatic rings. The van der Waals surface area contributed by atoms with Crippen LogP contribution < -0.4 is 0 Å². The summed E-state index contributed by atoms with van der Waals surface area (Å²) in [6.07, 6.45) is -0.919. The minimum Gasteiger partial charge on any atom is -0.438 e. The molecule has 3 aromatic rings. The number of fused-ring (bicyclic) bond motifs is 1. The van der Waals surface area contributed by atoms with E-state index in [1.165, 1.54) is 0 Å². The molecule has 0 saturated heterocycles. The minimum absolute atomic E-state index is 0.434. The molecule has 3 heteroatoms. The summed E-state index contributed by atoms with van der Waals surface area (Å²) in [7, 11) is 0. The van der Waals surface area contributed by atoms with Gasteiger partial charge in [-0.05, 0) is 29.0 Å². The molecule has 1 unspecified atom stereocenters. The monoisotopic (exact) mass is 287 g/mol. The molecular weight excluding hydrogens is 274 g/mol. The number of benzene rings is 3. The van der Waals surface area contributed by atoms with Crippen LogP contribution in [-0.2, 0) is 4.74 Å². The van der Waals surface area contributed by atoms with E-state index < -0.39 is 12.1 Å². The number of hydrogen-bond donors (Lipinski definition) is 0. The van der Waals surface area contributed by atoms with Crippen molar-refractivity contribution in [2.75, 3.05) is 0 Å². The van der Waals surface area contributed by atoms with Gasteiger partial charge in [0.1, 0.15) is 6.07 Å². The molecule has 0 aliphatic carbocycles. The van der Waals surface area contributed by atoms with E-state index in [0.29, 0.717) is 11.1 Å². The maximum Gasteiger partial charge on any atom is 0.339 e. The van der Waals surface area contributed by atoms with Crippen LogP contribution in [0.15, 0.2) is 72.8 Å². The fourth-order valence-electron chi connectivity index (χ4n) is 2.29. The van der Waals surface area contributed by atoms with Gasteiger partial charge in [-0.2, -0.15) is 5.26 Å². The van der Waals surface area contributed by atoms with Crippen molar-refractivity contribution < 1.29 is 9.53 Å². The SMILES string of the molecule is N#CC(OC(=O)c1ccccc1)c1ccc2ccccc2c1. The highest BCUT2D eigenvalue weighted by molar-refractivity contribution is 5.89. The highest BCUT2D eigenvalue weighted by atomic mass is 16.5. The van der Waals surface area contributed by atoms with E-state index in [0.717, 1.165) is 10.8 Å². The summed E-state index contributed by atoms with van der Waals surface area (Å²) in [4.78, 5) is 12.1. The standard InChI is InChI=1S/C19H13NO2/c20-13-18(22-19(21)15-7-2-1-3-8-15)17-11-10-14-6-4-5-9-16(14)12-17/h1-12,18H. The van der Waals surface area contributed by atoms with Gasteiger partial charge in [0.05, 0.1) is 5.56 Å². The van der Waals surface area contributed by atoms with Gasteiger partial charge in [-0.1, -0.05) is 54.6 Å². The number of nitriles is 1. The summed E-state index contributed by atoms with van der Waals surface area (Å²) < 4.78 is 5.32. The van der Waals surface area contributed by atoms with Crippen molar-refractivity contribution in [2.45, 2.75) is 6.10 Å². The number of esters is 1. The lowest BCUT2D eigenvalue weighted by molar-refractivity contribution is 0.0404. The van der Waals surface area contributed by atoms with E-state index in [1.807, 2.05) is 54.6 Å².